The Morgan fingerprint density at radius 3 is 1.90 bits per heavy atom. The first kappa shape index (κ1) is 20.7. The molecule has 2 aromatic heterocycles. The summed E-state index contributed by atoms with van der Waals surface area (Å²) in [6, 6.07) is 42.3. The van der Waals surface area contributed by atoms with Crippen LogP contribution in [0.5, 0.6) is 0 Å². The molecule has 0 aliphatic carbocycles. The van der Waals surface area contributed by atoms with Crippen molar-refractivity contribution >= 4 is 65.3 Å². The lowest BCUT2D eigenvalue weighted by molar-refractivity contribution is 0.673. The number of rotatable bonds is 2. The van der Waals surface area contributed by atoms with E-state index in [2.05, 4.69) is 78.9 Å². The summed E-state index contributed by atoms with van der Waals surface area (Å²) in [7, 11) is 0. The highest BCUT2D eigenvalue weighted by Gasteiger charge is 2.20. The van der Waals surface area contributed by atoms with Crippen molar-refractivity contribution in [2.45, 2.75) is 0 Å². The monoisotopic (exact) mass is 496 g/mol. The molecule has 0 atom stereocenters. The average molecular weight is 497 g/mol. The molecule has 3 nitrogen and oxygen atoms in total. The van der Waals surface area contributed by atoms with E-state index in [1.807, 2.05) is 42.5 Å². The van der Waals surface area contributed by atoms with E-state index in [9.17, 15) is 0 Å². The van der Waals surface area contributed by atoms with E-state index in [-0.39, 0.29) is 0 Å². The topological polar surface area (TPSA) is 38.9 Å². The first-order valence-corrected chi connectivity index (χ1v) is 13.2. The molecule has 0 radical (unpaired) electrons. The van der Waals surface area contributed by atoms with Gasteiger partial charge in [0, 0.05) is 27.3 Å². The highest BCUT2D eigenvalue weighted by atomic mass is 16.3. The van der Waals surface area contributed by atoms with E-state index in [1.165, 1.54) is 32.3 Å². The van der Waals surface area contributed by atoms with Gasteiger partial charge >= 0.3 is 0 Å². The van der Waals surface area contributed by atoms with Crippen LogP contribution in [-0.2, 0) is 0 Å². The van der Waals surface area contributed by atoms with Crippen LogP contribution in [0.25, 0.3) is 87.8 Å². The van der Waals surface area contributed by atoms with Crippen LogP contribution in [0.15, 0.2) is 126 Å². The van der Waals surface area contributed by atoms with Gasteiger partial charge in [-0.1, -0.05) is 91.0 Å². The van der Waals surface area contributed by atoms with Gasteiger partial charge in [0.15, 0.2) is 0 Å². The number of hydrogen-bond acceptors (Lipinski definition) is 3. The summed E-state index contributed by atoms with van der Waals surface area (Å²) in [5.74, 6) is 0. The van der Waals surface area contributed by atoms with Gasteiger partial charge in [0.05, 0.1) is 22.4 Å². The van der Waals surface area contributed by atoms with Gasteiger partial charge in [-0.05, 0) is 57.3 Å². The lowest BCUT2D eigenvalue weighted by Crippen LogP contribution is -1.95. The lowest BCUT2D eigenvalue weighted by atomic mass is 9.91. The highest BCUT2D eigenvalue weighted by Crippen LogP contribution is 2.45. The van der Waals surface area contributed by atoms with E-state index < -0.39 is 0 Å². The summed E-state index contributed by atoms with van der Waals surface area (Å²) in [5.41, 5.74) is 7.43. The number of furan rings is 1. The zero-order valence-electron chi connectivity index (χ0n) is 20.8. The first-order valence-electron chi connectivity index (χ1n) is 13.2. The molecular weight excluding hydrogens is 476 g/mol. The van der Waals surface area contributed by atoms with Crippen LogP contribution in [-0.4, -0.2) is 9.97 Å². The third-order valence-electron chi connectivity index (χ3n) is 7.98. The Hall–Kier alpha value is -5.28. The fourth-order valence-corrected chi connectivity index (χ4v) is 6.24. The van der Waals surface area contributed by atoms with Crippen LogP contribution in [0, 0.1) is 0 Å². The van der Waals surface area contributed by atoms with Gasteiger partial charge in [0.2, 0.25) is 0 Å². The number of nitrogens with zero attached hydrogens (tertiary/aromatic N) is 2. The molecule has 0 fully saturated rings. The molecule has 0 amide bonds. The second-order valence-electron chi connectivity index (χ2n) is 10.2. The van der Waals surface area contributed by atoms with Crippen molar-refractivity contribution in [2.75, 3.05) is 0 Å². The van der Waals surface area contributed by atoms with Gasteiger partial charge in [-0.2, -0.15) is 0 Å². The summed E-state index contributed by atoms with van der Waals surface area (Å²) in [5, 5.41) is 9.59. The van der Waals surface area contributed by atoms with E-state index >= 15 is 0 Å². The Morgan fingerprint density at radius 1 is 0.436 bits per heavy atom. The quantitative estimate of drug-likeness (QED) is 0.177. The smallest absolute Gasteiger partial charge is 0.143 e. The van der Waals surface area contributed by atoms with Crippen LogP contribution < -0.4 is 0 Å². The molecule has 3 heteroatoms. The van der Waals surface area contributed by atoms with Gasteiger partial charge in [0.25, 0.3) is 0 Å². The molecule has 39 heavy (non-hydrogen) atoms. The van der Waals surface area contributed by atoms with Crippen molar-refractivity contribution in [2.24, 2.45) is 0 Å². The Bertz CT molecular complexity index is 2390. The molecule has 0 saturated heterocycles. The van der Waals surface area contributed by atoms with Crippen LogP contribution in [0.2, 0.25) is 0 Å². The van der Waals surface area contributed by atoms with Crippen molar-refractivity contribution in [3.63, 3.8) is 0 Å². The van der Waals surface area contributed by atoms with Crippen molar-refractivity contribution in [3.8, 4) is 22.5 Å². The molecule has 7 aromatic carbocycles. The summed E-state index contributed by atoms with van der Waals surface area (Å²) in [4.78, 5) is 10.2. The number of aromatic nitrogens is 2. The standard InChI is InChI=1S/C36H20N2O/c1-2-9-21(10-3-1)34-35(38-30-15-7-6-14-29(30)37-34)23-18-17-22-19-28-25-12-5-4-11-24(25)26-13-8-16-31-32(26)33(28)36(39-31)27(22)20-23/h1-20H. The molecule has 0 bridgehead atoms. The molecule has 9 aromatic rings. The molecule has 180 valence electrons. The highest BCUT2D eigenvalue weighted by molar-refractivity contribution is 6.36. The molecule has 0 saturated carbocycles. The van der Waals surface area contributed by atoms with E-state index in [0.29, 0.717) is 0 Å². The summed E-state index contributed by atoms with van der Waals surface area (Å²) >= 11 is 0. The molecule has 0 N–H and O–H groups in total. The van der Waals surface area contributed by atoms with E-state index in [1.54, 1.807) is 0 Å². The molecule has 0 spiro atoms. The minimum Gasteiger partial charge on any atom is -0.455 e. The van der Waals surface area contributed by atoms with E-state index in [4.69, 9.17) is 14.4 Å². The maximum atomic E-state index is 6.64. The van der Waals surface area contributed by atoms with Crippen molar-refractivity contribution in [1.82, 2.24) is 9.97 Å². The van der Waals surface area contributed by atoms with Crippen molar-refractivity contribution < 1.29 is 4.42 Å². The minimum absolute atomic E-state index is 0.869. The predicted molar refractivity (Wildman–Crippen MR) is 161 cm³/mol. The zero-order chi connectivity index (χ0) is 25.5. The summed E-state index contributed by atoms with van der Waals surface area (Å²) < 4.78 is 6.64. The average Bonchev–Trinajstić information content (AvgIpc) is 3.41. The zero-order valence-corrected chi connectivity index (χ0v) is 20.8. The van der Waals surface area contributed by atoms with Gasteiger partial charge in [-0.15, -0.1) is 0 Å². The van der Waals surface area contributed by atoms with Gasteiger partial charge in [0.1, 0.15) is 11.2 Å². The Kier molecular flexibility index (Phi) is 4.05. The molecule has 9 rings (SSSR count). The maximum Gasteiger partial charge on any atom is 0.143 e. The molecule has 0 aliphatic rings. The Labute approximate surface area is 223 Å². The maximum absolute atomic E-state index is 6.64. The van der Waals surface area contributed by atoms with Crippen LogP contribution in [0.4, 0.5) is 0 Å². The predicted octanol–water partition coefficient (Wildman–Crippen LogP) is 9.76. The normalized spacial score (nSPS) is 12.1. The number of para-hydroxylation sites is 2. The number of hydrogen-bond donors (Lipinski definition) is 0. The lowest BCUT2D eigenvalue weighted by Gasteiger charge is -2.12. The van der Waals surface area contributed by atoms with Crippen LogP contribution in [0.3, 0.4) is 0 Å². The van der Waals surface area contributed by atoms with E-state index in [0.717, 1.165) is 55.5 Å². The van der Waals surface area contributed by atoms with Crippen molar-refractivity contribution in [3.05, 3.63) is 121 Å². The van der Waals surface area contributed by atoms with Gasteiger partial charge in [-0.3, -0.25) is 0 Å². The number of benzene rings is 7. The molecule has 2 heterocycles. The minimum atomic E-state index is 0.869. The third kappa shape index (κ3) is 2.87. The fourth-order valence-electron chi connectivity index (χ4n) is 6.24. The summed E-state index contributed by atoms with van der Waals surface area (Å²) in [6.07, 6.45) is 0. The van der Waals surface area contributed by atoms with Crippen molar-refractivity contribution in [1.29, 1.82) is 0 Å². The van der Waals surface area contributed by atoms with Crippen LogP contribution in [0.1, 0.15) is 0 Å². The first-order chi connectivity index (χ1) is 19.3. The second kappa shape index (κ2) is 7.62. The van der Waals surface area contributed by atoms with Gasteiger partial charge in [-0.25, -0.2) is 9.97 Å². The summed E-state index contributed by atoms with van der Waals surface area (Å²) in [6.45, 7) is 0. The third-order valence-corrected chi connectivity index (χ3v) is 7.98. The number of fused-ring (bicyclic) bond motifs is 6. The molecular formula is C36H20N2O. The molecule has 0 aliphatic heterocycles. The Morgan fingerprint density at radius 2 is 1.10 bits per heavy atom. The molecule has 0 unspecified atom stereocenters. The van der Waals surface area contributed by atoms with Gasteiger partial charge < -0.3 is 4.42 Å². The fraction of sp³-hybridized carbons (Fsp3) is 0. The van der Waals surface area contributed by atoms with Crippen LogP contribution >= 0.6 is 0 Å². The SMILES string of the molecule is c1ccc(-c2nc3ccccc3nc2-c2ccc3cc4c5ccccc5c5cccc6oc(c3c2)c4c65)cc1. The Balaban J connectivity index is 1.40. The largest absolute Gasteiger partial charge is 0.455 e. The second-order valence-corrected chi connectivity index (χ2v) is 10.2.